The summed E-state index contributed by atoms with van der Waals surface area (Å²) in [5, 5.41) is 16.8. The number of nitrogens with one attached hydrogen (secondary N) is 3. The fraction of sp³-hybridized carbons (Fsp3) is 0.450. The first-order valence-corrected chi connectivity index (χ1v) is 10.9. The maximum atomic E-state index is 13.1. The SMILES string of the molecule is CC1(C)S[C@@H]2[C@H](NC(=O)[C@@H](NC(=O)N3CCNC3=O)c3ccccc3)C(=O)N2[C@H]1C(=O)O.[NaH]. The summed E-state index contributed by atoms with van der Waals surface area (Å²) in [5.41, 5.74) is 0.476. The molecule has 1 aromatic carbocycles. The van der Waals surface area contributed by atoms with Gasteiger partial charge in [-0.25, -0.2) is 19.3 Å². The second-order valence-corrected chi connectivity index (χ2v) is 10.0. The molecule has 0 radical (unpaired) electrons. The second kappa shape index (κ2) is 9.53. The molecule has 0 aromatic heterocycles. The molecule has 0 bridgehead atoms. The van der Waals surface area contributed by atoms with Gasteiger partial charge in [-0.2, -0.15) is 0 Å². The van der Waals surface area contributed by atoms with E-state index < -0.39 is 58.1 Å². The molecule has 6 amide bonds. The summed E-state index contributed by atoms with van der Waals surface area (Å²) < 4.78 is -0.720. The van der Waals surface area contributed by atoms with Crippen molar-refractivity contribution >= 4 is 71.2 Å². The number of carbonyl (C=O) groups excluding carboxylic acids is 4. The molecule has 4 N–H and O–H groups in total. The van der Waals surface area contributed by atoms with Crippen LogP contribution in [0, 0.1) is 0 Å². The fourth-order valence-corrected chi connectivity index (χ4v) is 5.82. The number of carboxylic acids is 1. The Bertz CT molecular complexity index is 992. The first kappa shape index (κ1) is 25.3. The zero-order valence-electron chi connectivity index (χ0n) is 17.4. The predicted octanol–water partition coefficient (Wildman–Crippen LogP) is -0.554. The number of fused-ring (bicyclic) bond motifs is 1. The van der Waals surface area contributed by atoms with Crippen molar-refractivity contribution in [2.75, 3.05) is 13.1 Å². The number of hydrogen-bond donors (Lipinski definition) is 4. The van der Waals surface area contributed by atoms with Crippen molar-refractivity contribution in [1.29, 1.82) is 0 Å². The van der Waals surface area contributed by atoms with Crippen molar-refractivity contribution in [3.8, 4) is 0 Å². The number of imide groups is 1. The first-order chi connectivity index (χ1) is 15.1. The van der Waals surface area contributed by atoms with E-state index in [9.17, 15) is 29.1 Å². The Kier molecular flexibility index (Phi) is 7.32. The average molecular weight is 485 g/mol. The van der Waals surface area contributed by atoms with Gasteiger partial charge in [0.1, 0.15) is 23.5 Å². The Balaban J connectivity index is 0.00000306. The molecular weight excluding hydrogens is 461 g/mol. The van der Waals surface area contributed by atoms with Crippen LogP contribution >= 0.6 is 11.8 Å². The maximum absolute atomic E-state index is 13.1. The topological polar surface area (TPSA) is 148 Å². The van der Waals surface area contributed by atoms with Crippen LogP contribution in [0.15, 0.2) is 30.3 Å². The van der Waals surface area contributed by atoms with Crippen LogP contribution in [-0.2, 0) is 14.4 Å². The van der Waals surface area contributed by atoms with Crippen LogP contribution in [0.3, 0.4) is 0 Å². The van der Waals surface area contributed by atoms with Crippen molar-refractivity contribution in [3.05, 3.63) is 35.9 Å². The van der Waals surface area contributed by atoms with Crippen molar-refractivity contribution in [2.45, 2.75) is 42.1 Å². The number of benzene rings is 1. The van der Waals surface area contributed by atoms with E-state index in [-0.39, 0.29) is 36.1 Å². The summed E-state index contributed by atoms with van der Waals surface area (Å²) in [4.78, 5) is 64.2. The van der Waals surface area contributed by atoms with Gasteiger partial charge in [-0.05, 0) is 19.4 Å². The third kappa shape index (κ3) is 4.57. The quantitative estimate of drug-likeness (QED) is 0.323. The molecular formula is C20H24N5NaO6S. The third-order valence-corrected chi connectivity index (χ3v) is 7.31. The predicted molar refractivity (Wildman–Crippen MR) is 121 cm³/mol. The van der Waals surface area contributed by atoms with E-state index in [1.165, 1.54) is 16.7 Å². The van der Waals surface area contributed by atoms with E-state index in [0.717, 1.165) is 4.90 Å². The molecule has 172 valence electrons. The molecule has 0 unspecified atom stereocenters. The van der Waals surface area contributed by atoms with Gasteiger partial charge in [0.15, 0.2) is 0 Å². The Morgan fingerprint density at radius 3 is 2.45 bits per heavy atom. The molecule has 0 aliphatic carbocycles. The number of thioether (sulfide) groups is 1. The number of carboxylic acid groups (broad SMARTS) is 1. The van der Waals surface area contributed by atoms with Gasteiger partial charge in [0.2, 0.25) is 11.8 Å². The molecule has 3 aliphatic heterocycles. The van der Waals surface area contributed by atoms with Crippen LogP contribution in [0.5, 0.6) is 0 Å². The summed E-state index contributed by atoms with van der Waals surface area (Å²) in [6, 6.07) is 4.14. The van der Waals surface area contributed by atoms with Gasteiger partial charge in [0, 0.05) is 17.8 Å². The number of amides is 6. The molecule has 11 nitrogen and oxygen atoms in total. The van der Waals surface area contributed by atoms with Crippen molar-refractivity contribution < 1.29 is 29.1 Å². The standard InChI is InChI=1S/C20H23N5O6S.Na.H/c1-20(2)13(17(28)29)25-15(27)12(16(25)32-20)22-14(26)11(10-6-4-3-5-7-10)23-19(31)24-9-8-21-18(24)30;;/h3-7,11-13,16H,8-9H2,1-2H3,(H,21,30)(H,22,26)(H,23,31)(H,28,29);;/t11-,12+,13-,16+;;/m0../s1. The molecule has 3 saturated heterocycles. The van der Waals surface area contributed by atoms with Gasteiger partial charge in [-0.1, -0.05) is 30.3 Å². The van der Waals surface area contributed by atoms with Crippen molar-refractivity contribution in [1.82, 2.24) is 25.8 Å². The minimum atomic E-state index is -1.14. The average Bonchev–Trinajstić information content (AvgIpc) is 3.29. The van der Waals surface area contributed by atoms with E-state index in [2.05, 4.69) is 16.0 Å². The molecule has 33 heavy (non-hydrogen) atoms. The van der Waals surface area contributed by atoms with Crippen molar-refractivity contribution in [3.63, 3.8) is 0 Å². The summed E-state index contributed by atoms with van der Waals surface area (Å²) >= 11 is 1.31. The van der Waals surface area contributed by atoms with E-state index in [0.29, 0.717) is 12.1 Å². The van der Waals surface area contributed by atoms with Gasteiger partial charge in [-0.3, -0.25) is 9.59 Å². The zero-order chi connectivity index (χ0) is 23.2. The summed E-state index contributed by atoms with van der Waals surface area (Å²) in [6.07, 6.45) is 0. The third-order valence-electron chi connectivity index (χ3n) is 5.74. The van der Waals surface area contributed by atoms with Gasteiger partial charge >= 0.3 is 47.6 Å². The van der Waals surface area contributed by atoms with Gasteiger partial charge in [0.05, 0.1) is 0 Å². The van der Waals surface area contributed by atoms with Gasteiger partial charge < -0.3 is 26.0 Å². The summed E-state index contributed by atoms with van der Waals surface area (Å²) in [7, 11) is 0. The Hall–Kier alpha value is -2.28. The second-order valence-electron chi connectivity index (χ2n) is 8.26. The number of urea groups is 2. The minimum absolute atomic E-state index is 0. The molecule has 0 spiro atoms. The Morgan fingerprint density at radius 1 is 1.21 bits per heavy atom. The van der Waals surface area contributed by atoms with Crippen LogP contribution in [0.25, 0.3) is 0 Å². The van der Waals surface area contributed by atoms with E-state index in [1.807, 2.05) is 0 Å². The molecule has 0 saturated carbocycles. The van der Waals surface area contributed by atoms with Gasteiger partial charge in [-0.15, -0.1) is 11.8 Å². The fourth-order valence-electron chi connectivity index (χ4n) is 4.19. The van der Waals surface area contributed by atoms with Crippen LogP contribution in [0.2, 0.25) is 0 Å². The molecule has 1 aromatic rings. The number of carbonyl (C=O) groups is 5. The first-order valence-electron chi connectivity index (χ1n) is 10.1. The molecule has 3 aliphatic rings. The number of aliphatic carboxylic acids is 1. The number of nitrogens with zero attached hydrogens (tertiary/aromatic N) is 2. The zero-order valence-corrected chi connectivity index (χ0v) is 18.2. The normalized spacial score (nSPS) is 25.8. The van der Waals surface area contributed by atoms with Crippen LogP contribution in [0.1, 0.15) is 25.5 Å². The number of hydrogen-bond acceptors (Lipinski definition) is 6. The molecule has 3 fully saturated rings. The van der Waals surface area contributed by atoms with Crippen LogP contribution in [0.4, 0.5) is 9.59 Å². The molecule has 4 atom stereocenters. The summed E-state index contributed by atoms with van der Waals surface area (Å²) in [6.45, 7) is 3.98. The van der Waals surface area contributed by atoms with E-state index >= 15 is 0 Å². The molecule has 13 heteroatoms. The summed E-state index contributed by atoms with van der Waals surface area (Å²) in [5.74, 6) is -2.20. The number of rotatable bonds is 5. The van der Waals surface area contributed by atoms with Gasteiger partial charge in [0.25, 0.3) is 0 Å². The Labute approximate surface area is 216 Å². The monoisotopic (exact) mass is 485 g/mol. The van der Waals surface area contributed by atoms with E-state index in [1.54, 1.807) is 44.2 Å². The molecule has 3 heterocycles. The molecule has 4 rings (SSSR count). The van der Waals surface area contributed by atoms with Crippen LogP contribution in [-0.4, -0.2) is 110 Å². The van der Waals surface area contributed by atoms with Crippen molar-refractivity contribution in [2.24, 2.45) is 0 Å². The number of β-lactam (4-membered cyclic amide) rings is 1. The Morgan fingerprint density at radius 2 is 1.88 bits per heavy atom. The van der Waals surface area contributed by atoms with E-state index in [4.69, 9.17) is 0 Å². The van der Waals surface area contributed by atoms with Crippen LogP contribution < -0.4 is 16.0 Å².